The molecule has 2 N–H and O–H groups in total. The number of amides is 1. The zero-order chi connectivity index (χ0) is 13.7. The smallest absolute Gasteiger partial charge is 0.244 e. The fraction of sp³-hybridized carbons (Fsp3) is 0.267. The number of fused-ring (bicyclic) bond motifs is 1. The maximum Gasteiger partial charge on any atom is 0.244 e. The van der Waals surface area contributed by atoms with Gasteiger partial charge in [0.25, 0.3) is 0 Å². The van der Waals surface area contributed by atoms with Crippen LogP contribution in [-0.2, 0) is 4.79 Å². The van der Waals surface area contributed by atoms with Gasteiger partial charge in [-0.25, -0.2) is 0 Å². The highest BCUT2D eigenvalue weighted by atomic mass is 16.3. The number of furan rings is 1. The maximum atomic E-state index is 11.5. The van der Waals surface area contributed by atoms with Crippen molar-refractivity contribution in [3.05, 3.63) is 42.2 Å². The van der Waals surface area contributed by atoms with Crippen LogP contribution in [-0.4, -0.2) is 24.2 Å². The Morgan fingerprint density at radius 3 is 3.00 bits per heavy atom. The van der Waals surface area contributed by atoms with Gasteiger partial charge in [0.05, 0.1) is 0 Å². The highest BCUT2D eigenvalue weighted by Gasteiger charge is 2.03. The summed E-state index contributed by atoms with van der Waals surface area (Å²) in [5.41, 5.74) is 0.802. The van der Waals surface area contributed by atoms with Crippen LogP contribution in [0.15, 0.2) is 40.8 Å². The molecule has 1 heterocycles. The van der Waals surface area contributed by atoms with E-state index in [9.17, 15) is 4.79 Å². The average molecular weight is 259 g/mol. The Hall–Kier alpha value is -2.07. The van der Waals surface area contributed by atoms with E-state index in [0.717, 1.165) is 11.0 Å². The van der Waals surface area contributed by atoms with Crippen molar-refractivity contribution in [1.82, 2.24) is 5.32 Å². The number of hydrogen-bond donors (Lipinski definition) is 2. The summed E-state index contributed by atoms with van der Waals surface area (Å²) in [6, 6.07) is 9.57. The monoisotopic (exact) mass is 259 g/mol. The summed E-state index contributed by atoms with van der Waals surface area (Å²) in [5, 5.41) is 12.6. The van der Waals surface area contributed by atoms with Gasteiger partial charge >= 0.3 is 0 Å². The largest absolute Gasteiger partial charge is 0.457 e. The summed E-state index contributed by atoms with van der Waals surface area (Å²) in [5.74, 6) is 0.510. The lowest BCUT2D eigenvalue weighted by atomic mass is 10.2. The van der Waals surface area contributed by atoms with Gasteiger partial charge in [0, 0.05) is 24.6 Å². The van der Waals surface area contributed by atoms with Crippen molar-refractivity contribution >= 4 is 23.0 Å². The fourth-order valence-electron chi connectivity index (χ4n) is 1.64. The summed E-state index contributed by atoms with van der Waals surface area (Å²) in [4.78, 5) is 11.5. The standard InChI is InChI=1S/C15H17NO3/c1-11(10-17)9-16-15(18)7-6-13-8-12-4-2-3-5-14(12)19-13/h2-8,11,17H,9-10H2,1H3,(H,16,18)/b7-6+. The lowest BCUT2D eigenvalue weighted by Gasteiger charge is -2.06. The van der Waals surface area contributed by atoms with Crippen molar-refractivity contribution in [2.24, 2.45) is 5.92 Å². The Balaban J connectivity index is 1.96. The van der Waals surface area contributed by atoms with E-state index < -0.39 is 0 Å². The van der Waals surface area contributed by atoms with Gasteiger partial charge in [0.1, 0.15) is 11.3 Å². The van der Waals surface area contributed by atoms with E-state index in [0.29, 0.717) is 12.3 Å². The summed E-state index contributed by atoms with van der Waals surface area (Å²) >= 11 is 0. The molecule has 0 fully saturated rings. The van der Waals surface area contributed by atoms with E-state index in [4.69, 9.17) is 9.52 Å². The molecule has 0 aliphatic heterocycles. The number of benzene rings is 1. The second-order valence-electron chi connectivity index (χ2n) is 4.55. The molecule has 1 atom stereocenters. The molecule has 0 aliphatic carbocycles. The molecule has 4 heteroatoms. The Bertz CT molecular complexity index is 553. The first-order valence-corrected chi connectivity index (χ1v) is 6.24. The van der Waals surface area contributed by atoms with E-state index >= 15 is 0 Å². The molecular formula is C15H17NO3. The van der Waals surface area contributed by atoms with Crippen LogP contribution in [0.4, 0.5) is 0 Å². The van der Waals surface area contributed by atoms with Gasteiger partial charge in [-0.15, -0.1) is 0 Å². The molecule has 1 aromatic heterocycles. The predicted molar refractivity (Wildman–Crippen MR) is 74.5 cm³/mol. The third kappa shape index (κ3) is 3.69. The minimum atomic E-state index is -0.194. The first-order chi connectivity index (χ1) is 9.19. The van der Waals surface area contributed by atoms with Crippen molar-refractivity contribution in [1.29, 1.82) is 0 Å². The molecule has 2 rings (SSSR count). The van der Waals surface area contributed by atoms with Gasteiger partial charge in [-0.2, -0.15) is 0 Å². The van der Waals surface area contributed by atoms with Crippen molar-refractivity contribution in [3.63, 3.8) is 0 Å². The van der Waals surface area contributed by atoms with Gasteiger partial charge in [-0.05, 0) is 24.1 Å². The number of aliphatic hydroxyl groups is 1. The topological polar surface area (TPSA) is 62.5 Å². The van der Waals surface area contributed by atoms with E-state index in [1.807, 2.05) is 37.3 Å². The Morgan fingerprint density at radius 1 is 1.47 bits per heavy atom. The van der Waals surface area contributed by atoms with E-state index in [2.05, 4.69) is 5.32 Å². The van der Waals surface area contributed by atoms with Crippen molar-refractivity contribution in [3.8, 4) is 0 Å². The second kappa shape index (κ2) is 6.20. The first-order valence-electron chi connectivity index (χ1n) is 6.24. The summed E-state index contributed by atoms with van der Waals surface area (Å²) in [6.45, 7) is 2.39. The Morgan fingerprint density at radius 2 is 2.26 bits per heavy atom. The molecule has 0 saturated heterocycles. The average Bonchev–Trinajstić information content (AvgIpc) is 2.85. The van der Waals surface area contributed by atoms with Crippen LogP contribution in [0, 0.1) is 5.92 Å². The summed E-state index contributed by atoms with van der Waals surface area (Å²) in [6.07, 6.45) is 3.07. The summed E-state index contributed by atoms with van der Waals surface area (Å²) in [7, 11) is 0. The van der Waals surface area contributed by atoms with Gasteiger partial charge in [-0.1, -0.05) is 25.1 Å². The number of nitrogens with one attached hydrogen (secondary N) is 1. The number of carbonyl (C=O) groups excluding carboxylic acids is 1. The molecule has 0 radical (unpaired) electrons. The number of rotatable bonds is 5. The highest BCUT2D eigenvalue weighted by Crippen LogP contribution is 2.19. The lowest BCUT2D eigenvalue weighted by Crippen LogP contribution is -2.27. The number of carbonyl (C=O) groups is 1. The SMILES string of the molecule is CC(CO)CNC(=O)/C=C/c1cc2ccccc2o1. The summed E-state index contributed by atoms with van der Waals surface area (Å²) < 4.78 is 5.56. The third-order valence-electron chi connectivity index (χ3n) is 2.78. The van der Waals surface area contributed by atoms with Crippen molar-refractivity contribution < 1.29 is 14.3 Å². The normalized spacial score (nSPS) is 12.9. The second-order valence-corrected chi connectivity index (χ2v) is 4.55. The fourth-order valence-corrected chi connectivity index (χ4v) is 1.64. The number of hydrogen-bond acceptors (Lipinski definition) is 3. The van der Waals surface area contributed by atoms with Crippen LogP contribution in [0.1, 0.15) is 12.7 Å². The predicted octanol–water partition coefficient (Wildman–Crippen LogP) is 2.19. The van der Waals surface area contributed by atoms with Crippen molar-refractivity contribution in [2.45, 2.75) is 6.92 Å². The molecule has 19 heavy (non-hydrogen) atoms. The molecular weight excluding hydrogens is 242 g/mol. The minimum Gasteiger partial charge on any atom is -0.457 e. The van der Waals surface area contributed by atoms with Crippen LogP contribution in [0.5, 0.6) is 0 Å². The van der Waals surface area contributed by atoms with Crippen LogP contribution in [0.25, 0.3) is 17.0 Å². The van der Waals surface area contributed by atoms with Crippen LogP contribution >= 0.6 is 0 Å². The van der Waals surface area contributed by atoms with Crippen LogP contribution in [0.2, 0.25) is 0 Å². The zero-order valence-corrected chi connectivity index (χ0v) is 10.8. The molecule has 2 aromatic rings. The van der Waals surface area contributed by atoms with Gasteiger partial charge in [-0.3, -0.25) is 4.79 Å². The molecule has 100 valence electrons. The third-order valence-corrected chi connectivity index (χ3v) is 2.78. The van der Waals surface area contributed by atoms with E-state index in [1.165, 1.54) is 6.08 Å². The molecule has 0 aliphatic rings. The van der Waals surface area contributed by atoms with Gasteiger partial charge in [0.2, 0.25) is 5.91 Å². The van der Waals surface area contributed by atoms with Gasteiger partial charge < -0.3 is 14.8 Å². The lowest BCUT2D eigenvalue weighted by molar-refractivity contribution is -0.116. The van der Waals surface area contributed by atoms with E-state index in [1.54, 1.807) is 6.08 Å². The number of para-hydroxylation sites is 1. The van der Waals surface area contributed by atoms with E-state index in [-0.39, 0.29) is 18.4 Å². The maximum absolute atomic E-state index is 11.5. The molecule has 1 unspecified atom stereocenters. The molecule has 0 bridgehead atoms. The van der Waals surface area contributed by atoms with Crippen molar-refractivity contribution in [2.75, 3.05) is 13.2 Å². The first kappa shape index (κ1) is 13.4. The molecule has 4 nitrogen and oxygen atoms in total. The zero-order valence-electron chi connectivity index (χ0n) is 10.8. The molecule has 1 aromatic carbocycles. The Kier molecular flexibility index (Phi) is 4.36. The molecule has 0 spiro atoms. The minimum absolute atomic E-state index is 0.0588. The highest BCUT2D eigenvalue weighted by molar-refractivity contribution is 5.92. The molecule has 1 amide bonds. The molecule has 0 saturated carbocycles. The number of aliphatic hydroxyl groups excluding tert-OH is 1. The van der Waals surface area contributed by atoms with Crippen LogP contribution < -0.4 is 5.32 Å². The van der Waals surface area contributed by atoms with Crippen LogP contribution in [0.3, 0.4) is 0 Å². The Labute approximate surface area is 111 Å². The quantitative estimate of drug-likeness (QED) is 0.809. The van der Waals surface area contributed by atoms with Gasteiger partial charge in [0.15, 0.2) is 0 Å².